The Labute approximate surface area is 325 Å². The lowest BCUT2D eigenvalue weighted by atomic mass is 9.65. The summed E-state index contributed by atoms with van der Waals surface area (Å²) >= 11 is 6.37. The highest BCUT2D eigenvalue weighted by Gasteiger charge is 2.54. The zero-order chi connectivity index (χ0) is 36.9. The van der Waals surface area contributed by atoms with Crippen molar-refractivity contribution in [2.24, 2.45) is 5.92 Å². The van der Waals surface area contributed by atoms with Gasteiger partial charge in [0.05, 0.1) is 22.4 Å². The van der Waals surface area contributed by atoms with Gasteiger partial charge >= 0.3 is 14.2 Å². The van der Waals surface area contributed by atoms with E-state index in [-0.39, 0.29) is 38.1 Å². The second kappa shape index (κ2) is 12.9. The molecule has 3 aromatic rings. The number of rotatable bonds is 10. The van der Waals surface area contributed by atoms with Gasteiger partial charge in [0.25, 0.3) is 0 Å². The van der Waals surface area contributed by atoms with Crippen LogP contribution in [-0.2, 0) is 27.2 Å². The molecular formula is C43H56Al2B2O4. The molecule has 0 aromatic heterocycles. The fourth-order valence-electron chi connectivity index (χ4n) is 9.06. The van der Waals surface area contributed by atoms with Crippen molar-refractivity contribution < 1.29 is 18.6 Å². The monoisotopic (exact) mass is 712 g/mol. The maximum atomic E-state index is 6.60. The molecule has 0 N–H and O–H groups in total. The normalized spacial score (nSPS) is 24.7. The summed E-state index contributed by atoms with van der Waals surface area (Å²) in [4.78, 5) is 0. The number of hydrogen-bond donors (Lipinski definition) is 0. The maximum absolute atomic E-state index is 6.60. The molecule has 0 saturated carbocycles. The van der Waals surface area contributed by atoms with E-state index in [9.17, 15) is 0 Å². The van der Waals surface area contributed by atoms with Gasteiger partial charge in [-0.25, -0.2) is 0 Å². The van der Waals surface area contributed by atoms with Gasteiger partial charge in [0.15, 0.2) is 0 Å². The van der Waals surface area contributed by atoms with E-state index in [2.05, 4.69) is 157 Å². The van der Waals surface area contributed by atoms with Crippen molar-refractivity contribution in [3.05, 3.63) is 70.8 Å². The summed E-state index contributed by atoms with van der Waals surface area (Å²) < 4.78 is 25.9. The van der Waals surface area contributed by atoms with Crippen LogP contribution in [0.2, 0.25) is 0 Å². The smallest absolute Gasteiger partial charge is 0.399 e. The molecule has 2 atom stereocenters. The first kappa shape index (κ1) is 38.0. The van der Waals surface area contributed by atoms with E-state index < -0.39 is 7.12 Å². The summed E-state index contributed by atoms with van der Waals surface area (Å²) in [5.41, 5.74) is 11.3. The fourth-order valence-corrected chi connectivity index (χ4v) is 10.0. The number of fused-ring (bicyclic) bond motifs is 6. The predicted molar refractivity (Wildman–Crippen MR) is 215 cm³/mol. The molecule has 2 unspecified atom stereocenters. The SMILES string of the molecule is CCCCCCCC(CC)C1(C)c2cc(B3OC(C)(C)C(C)(C)O3)ccc2-c2cc3c(cc21)-c1ccc(B2OC(C)(C)C(C)(C)O2)cc1[C]3([Al])[Al]. The molecule has 0 spiro atoms. The van der Waals surface area contributed by atoms with Gasteiger partial charge in [-0.2, -0.15) is 0 Å². The Morgan fingerprint density at radius 3 is 1.45 bits per heavy atom. The molecule has 2 saturated heterocycles. The molecule has 264 valence electrons. The predicted octanol–water partition coefficient (Wildman–Crippen LogP) is 8.48. The molecule has 0 amide bonds. The molecule has 2 aliphatic heterocycles. The van der Waals surface area contributed by atoms with E-state index in [1.54, 1.807) is 0 Å². The molecule has 7 rings (SSSR count). The van der Waals surface area contributed by atoms with Gasteiger partial charge in [0.1, 0.15) is 32.6 Å². The lowest BCUT2D eigenvalue weighted by Crippen LogP contribution is -2.41. The van der Waals surface area contributed by atoms with Crippen LogP contribution in [0, 0.1) is 5.92 Å². The van der Waals surface area contributed by atoms with Crippen LogP contribution in [0.1, 0.15) is 143 Å². The van der Waals surface area contributed by atoms with Crippen molar-refractivity contribution in [3.8, 4) is 22.3 Å². The fraction of sp³-hybridized carbons (Fsp3) is 0.581. The highest BCUT2D eigenvalue weighted by Crippen LogP contribution is 2.58. The Bertz CT molecular complexity index is 1820. The Morgan fingerprint density at radius 2 is 0.941 bits per heavy atom. The van der Waals surface area contributed by atoms with Crippen molar-refractivity contribution in [2.45, 2.75) is 152 Å². The first-order chi connectivity index (χ1) is 23.8. The summed E-state index contributed by atoms with van der Waals surface area (Å²) in [5, 5.41) is 0. The summed E-state index contributed by atoms with van der Waals surface area (Å²) in [6.45, 7) is 24.3. The lowest BCUT2D eigenvalue weighted by molar-refractivity contribution is 0.00578. The van der Waals surface area contributed by atoms with Crippen LogP contribution in [0.3, 0.4) is 0 Å². The summed E-state index contributed by atoms with van der Waals surface area (Å²) in [6, 6.07) is 18.9. The van der Waals surface area contributed by atoms with Crippen molar-refractivity contribution in [1.29, 1.82) is 0 Å². The highest BCUT2D eigenvalue weighted by atomic mass is 27.1. The number of hydrogen-bond acceptors (Lipinski definition) is 4. The number of unbranched alkanes of at least 4 members (excludes halogenated alkanes) is 4. The van der Waals surface area contributed by atoms with Crippen LogP contribution in [-0.4, -0.2) is 69.2 Å². The third-order valence-electron chi connectivity index (χ3n) is 13.9. The van der Waals surface area contributed by atoms with E-state index >= 15 is 0 Å². The molecule has 2 fully saturated rings. The van der Waals surface area contributed by atoms with E-state index in [0.717, 1.165) is 17.3 Å². The lowest BCUT2D eigenvalue weighted by Gasteiger charge is -2.37. The van der Waals surface area contributed by atoms with Gasteiger partial charge in [-0.1, -0.05) is 113 Å². The highest BCUT2D eigenvalue weighted by molar-refractivity contribution is 6.62. The third-order valence-corrected chi connectivity index (χ3v) is 15.1. The molecule has 3 aromatic carbocycles. The van der Waals surface area contributed by atoms with Crippen molar-refractivity contribution in [2.75, 3.05) is 0 Å². The topological polar surface area (TPSA) is 36.9 Å². The average Bonchev–Trinajstić information content (AvgIpc) is 3.62. The Kier molecular flexibility index (Phi) is 9.60. The quantitative estimate of drug-likeness (QED) is 0.156. The Morgan fingerprint density at radius 1 is 0.529 bits per heavy atom. The first-order valence-electron chi connectivity index (χ1n) is 19.6. The van der Waals surface area contributed by atoms with Crippen molar-refractivity contribution in [3.63, 3.8) is 0 Å². The molecule has 4 aliphatic rings. The summed E-state index contributed by atoms with van der Waals surface area (Å²) in [5.74, 6) is 0.508. The van der Waals surface area contributed by atoms with Crippen molar-refractivity contribution in [1.82, 2.24) is 0 Å². The van der Waals surface area contributed by atoms with Crippen LogP contribution in [0.5, 0.6) is 0 Å². The number of benzene rings is 3. The summed E-state index contributed by atoms with van der Waals surface area (Å²) in [7, 11) is -0.778. The minimum atomic E-state index is -0.393. The first-order valence-corrected chi connectivity index (χ1v) is 20.7. The second-order valence-corrected chi connectivity index (χ2v) is 20.6. The second-order valence-electron chi connectivity index (χ2n) is 18.1. The van der Waals surface area contributed by atoms with E-state index in [4.69, 9.17) is 18.6 Å². The van der Waals surface area contributed by atoms with Gasteiger partial charge in [-0.3, -0.25) is 0 Å². The molecular weight excluding hydrogens is 656 g/mol. The van der Waals surface area contributed by atoms with Crippen molar-refractivity contribution >= 4 is 57.7 Å². The summed E-state index contributed by atoms with van der Waals surface area (Å²) in [6.07, 6.45) is 8.85. The van der Waals surface area contributed by atoms with Crippen LogP contribution in [0.15, 0.2) is 48.5 Å². The molecule has 2 aliphatic carbocycles. The molecule has 51 heavy (non-hydrogen) atoms. The molecule has 4 nitrogen and oxygen atoms in total. The van der Waals surface area contributed by atoms with Gasteiger partial charge in [0.2, 0.25) is 0 Å². The standard InChI is InChI=1S/C43H56B2O4.2Al/c1-12-14-15-16-17-18-30(13-2)43(11)37-26-32(45-48-41(7,8)42(9,10)49-45)20-22-34(37)36-25-29-23-28-24-31(19-21-33(28)35(29)27-38(36)43)44-46-39(3,4)40(5,6)47-44;;/h19-22,24-27,30H,12-18H2,1-11H3;;. The van der Waals surface area contributed by atoms with Crippen LogP contribution in [0.25, 0.3) is 22.3 Å². The van der Waals surface area contributed by atoms with Gasteiger partial charge in [0, 0.05) is 5.41 Å². The van der Waals surface area contributed by atoms with E-state index in [1.807, 2.05) is 0 Å². The minimum absolute atomic E-state index is 0.144. The van der Waals surface area contributed by atoms with Gasteiger partial charge in [-0.05, 0) is 118 Å². The van der Waals surface area contributed by atoms with Crippen LogP contribution < -0.4 is 10.9 Å². The Balaban J connectivity index is 1.32. The largest absolute Gasteiger partial charge is 0.494 e. The maximum Gasteiger partial charge on any atom is 0.494 e. The Hall–Kier alpha value is -1.31. The average molecular weight is 713 g/mol. The van der Waals surface area contributed by atoms with Crippen LogP contribution in [0.4, 0.5) is 0 Å². The van der Waals surface area contributed by atoms with Gasteiger partial charge < -0.3 is 18.6 Å². The van der Waals surface area contributed by atoms with Crippen LogP contribution >= 0.6 is 0 Å². The zero-order valence-electron chi connectivity index (χ0n) is 33.1. The molecule has 4 radical (unpaired) electrons. The molecule has 0 bridgehead atoms. The molecule has 2 heterocycles. The van der Waals surface area contributed by atoms with E-state index in [1.165, 1.54) is 83.0 Å². The third kappa shape index (κ3) is 5.94. The zero-order valence-corrected chi connectivity index (χ0v) is 35.4. The van der Waals surface area contributed by atoms with E-state index in [0.29, 0.717) is 5.92 Å². The van der Waals surface area contributed by atoms with Gasteiger partial charge in [-0.15, -0.1) is 3.14 Å². The minimum Gasteiger partial charge on any atom is -0.399 e. The molecule has 8 heteroatoms.